The Kier molecular flexibility index (Phi) is 2.93. The first kappa shape index (κ1) is 12.7. The minimum Gasteiger partial charge on any atom is -0.369 e. The highest BCUT2D eigenvalue weighted by molar-refractivity contribution is 5.64. The molecule has 0 aliphatic heterocycles. The molecule has 1 heterocycles. The van der Waals surface area contributed by atoms with E-state index < -0.39 is 0 Å². The summed E-state index contributed by atoms with van der Waals surface area (Å²) in [4.78, 5) is 4.41. The molecule has 0 atom stereocenters. The standard InChI is InChI=1S/C15H21N3/c1-10-13(17-14(16)18(10)5)11-6-8-12(9-7-11)15(2,3)4/h6-9H,1-5H3,(H2,16,17). The van der Waals surface area contributed by atoms with Crippen molar-refractivity contribution in [2.75, 3.05) is 5.73 Å². The number of anilines is 1. The molecular weight excluding hydrogens is 222 g/mol. The van der Waals surface area contributed by atoms with Crippen LogP contribution in [-0.4, -0.2) is 9.55 Å². The summed E-state index contributed by atoms with van der Waals surface area (Å²) in [6.07, 6.45) is 0. The van der Waals surface area contributed by atoms with Crippen LogP contribution in [0.15, 0.2) is 24.3 Å². The average Bonchev–Trinajstić information content (AvgIpc) is 2.56. The van der Waals surface area contributed by atoms with Crippen LogP contribution in [-0.2, 0) is 12.5 Å². The van der Waals surface area contributed by atoms with Crippen LogP contribution in [0.5, 0.6) is 0 Å². The zero-order chi connectivity index (χ0) is 13.5. The van der Waals surface area contributed by atoms with Crippen molar-refractivity contribution in [3.05, 3.63) is 35.5 Å². The summed E-state index contributed by atoms with van der Waals surface area (Å²) in [5.41, 5.74) is 10.5. The summed E-state index contributed by atoms with van der Waals surface area (Å²) >= 11 is 0. The van der Waals surface area contributed by atoms with Crippen molar-refractivity contribution >= 4 is 5.95 Å². The number of nitrogens with two attached hydrogens (primary N) is 1. The fourth-order valence-electron chi connectivity index (χ4n) is 2.00. The minimum absolute atomic E-state index is 0.177. The van der Waals surface area contributed by atoms with Gasteiger partial charge in [0, 0.05) is 18.3 Å². The molecule has 0 spiro atoms. The molecule has 0 amide bonds. The Balaban J connectivity index is 2.44. The number of imidazole rings is 1. The van der Waals surface area contributed by atoms with Gasteiger partial charge in [-0.2, -0.15) is 0 Å². The van der Waals surface area contributed by atoms with Crippen molar-refractivity contribution in [3.63, 3.8) is 0 Å². The Hall–Kier alpha value is -1.77. The van der Waals surface area contributed by atoms with Gasteiger partial charge in [-0.15, -0.1) is 0 Å². The number of benzene rings is 1. The third-order valence-electron chi connectivity index (χ3n) is 3.44. The van der Waals surface area contributed by atoms with Crippen molar-refractivity contribution in [1.82, 2.24) is 9.55 Å². The van der Waals surface area contributed by atoms with Crippen molar-refractivity contribution in [1.29, 1.82) is 0 Å². The second-order valence-corrected chi connectivity index (χ2v) is 5.79. The number of hydrogen-bond acceptors (Lipinski definition) is 2. The largest absolute Gasteiger partial charge is 0.369 e. The van der Waals surface area contributed by atoms with Gasteiger partial charge in [-0.25, -0.2) is 4.98 Å². The van der Waals surface area contributed by atoms with Crippen LogP contribution in [0.2, 0.25) is 0 Å². The SMILES string of the molecule is Cc1c(-c2ccc(C(C)(C)C)cc2)nc(N)n1C. The van der Waals surface area contributed by atoms with Gasteiger partial charge in [0.25, 0.3) is 0 Å². The van der Waals surface area contributed by atoms with E-state index in [1.165, 1.54) is 5.56 Å². The van der Waals surface area contributed by atoms with Gasteiger partial charge < -0.3 is 10.3 Å². The lowest BCUT2D eigenvalue weighted by Crippen LogP contribution is -2.10. The summed E-state index contributed by atoms with van der Waals surface area (Å²) in [5, 5.41) is 0. The van der Waals surface area contributed by atoms with Crippen molar-refractivity contribution in [3.8, 4) is 11.3 Å². The molecule has 0 radical (unpaired) electrons. The first-order valence-corrected chi connectivity index (χ1v) is 6.20. The molecular formula is C15H21N3. The van der Waals surface area contributed by atoms with Gasteiger partial charge in [-0.05, 0) is 17.9 Å². The molecule has 96 valence electrons. The molecule has 3 nitrogen and oxygen atoms in total. The molecule has 3 heteroatoms. The highest BCUT2D eigenvalue weighted by atomic mass is 15.1. The molecule has 0 aliphatic carbocycles. The van der Waals surface area contributed by atoms with E-state index in [1.54, 1.807) is 0 Å². The van der Waals surface area contributed by atoms with Crippen LogP contribution in [0.25, 0.3) is 11.3 Å². The van der Waals surface area contributed by atoms with Crippen LogP contribution >= 0.6 is 0 Å². The predicted molar refractivity (Wildman–Crippen MR) is 76.5 cm³/mol. The molecule has 1 aromatic heterocycles. The molecule has 1 aromatic carbocycles. The Morgan fingerprint density at radius 2 is 1.67 bits per heavy atom. The molecule has 2 aromatic rings. The summed E-state index contributed by atoms with van der Waals surface area (Å²) in [6.45, 7) is 8.68. The first-order valence-electron chi connectivity index (χ1n) is 6.20. The van der Waals surface area contributed by atoms with Crippen LogP contribution in [0.1, 0.15) is 32.0 Å². The van der Waals surface area contributed by atoms with Crippen LogP contribution in [0.3, 0.4) is 0 Å². The number of nitrogen functional groups attached to an aromatic ring is 1. The van der Waals surface area contributed by atoms with E-state index in [1.807, 2.05) is 18.5 Å². The summed E-state index contributed by atoms with van der Waals surface area (Å²) in [5.74, 6) is 0.558. The van der Waals surface area contributed by atoms with E-state index in [9.17, 15) is 0 Å². The van der Waals surface area contributed by atoms with Crippen molar-refractivity contribution in [2.24, 2.45) is 7.05 Å². The predicted octanol–water partition coefficient (Wildman–Crippen LogP) is 3.28. The lowest BCUT2D eigenvalue weighted by atomic mass is 9.86. The number of hydrogen-bond donors (Lipinski definition) is 1. The summed E-state index contributed by atoms with van der Waals surface area (Å²) < 4.78 is 1.91. The highest BCUT2D eigenvalue weighted by Crippen LogP contribution is 2.27. The maximum atomic E-state index is 5.83. The van der Waals surface area contributed by atoms with E-state index in [4.69, 9.17) is 5.73 Å². The summed E-state index contributed by atoms with van der Waals surface area (Å²) in [6, 6.07) is 8.57. The molecule has 2 N–H and O–H groups in total. The van der Waals surface area contributed by atoms with Crippen molar-refractivity contribution < 1.29 is 0 Å². The van der Waals surface area contributed by atoms with Gasteiger partial charge in [-0.3, -0.25) is 0 Å². The maximum absolute atomic E-state index is 5.83. The Morgan fingerprint density at radius 1 is 1.11 bits per heavy atom. The zero-order valence-corrected chi connectivity index (χ0v) is 11.8. The van der Waals surface area contributed by atoms with Gasteiger partial charge in [0.1, 0.15) is 0 Å². The third-order valence-corrected chi connectivity index (χ3v) is 3.44. The fraction of sp³-hybridized carbons (Fsp3) is 0.400. The lowest BCUT2D eigenvalue weighted by Gasteiger charge is -2.19. The van der Waals surface area contributed by atoms with Crippen LogP contribution in [0.4, 0.5) is 5.95 Å². The first-order chi connectivity index (χ1) is 8.30. The minimum atomic E-state index is 0.177. The van der Waals surface area contributed by atoms with Crippen LogP contribution < -0.4 is 5.73 Å². The van der Waals surface area contributed by atoms with E-state index >= 15 is 0 Å². The number of nitrogens with zero attached hydrogens (tertiary/aromatic N) is 2. The molecule has 0 saturated carbocycles. The van der Waals surface area contributed by atoms with Gasteiger partial charge >= 0.3 is 0 Å². The lowest BCUT2D eigenvalue weighted by molar-refractivity contribution is 0.590. The topological polar surface area (TPSA) is 43.8 Å². The van der Waals surface area contributed by atoms with Gasteiger partial charge in [0.15, 0.2) is 0 Å². The maximum Gasteiger partial charge on any atom is 0.200 e. The average molecular weight is 243 g/mol. The van der Waals surface area contributed by atoms with E-state index in [0.29, 0.717) is 5.95 Å². The molecule has 18 heavy (non-hydrogen) atoms. The zero-order valence-electron chi connectivity index (χ0n) is 11.8. The second kappa shape index (κ2) is 4.16. The smallest absolute Gasteiger partial charge is 0.200 e. The van der Waals surface area contributed by atoms with Gasteiger partial charge in [0.2, 0.25) is 5.95 Å². The van der Waals surface area contributed by atoms with E-state index in [0.717, 1.165) is 17.0 Å². The molecule has 0 unspecified atom stereocenters. The van der Waals surface area contributed by atoms with Crippen molar-refractivity contribution in [2.45, 2.75) is 33.1 Å². The molecule has 0 saturated heterocycles. The Labute approximate surface area is 109 Å². The van der Waals surface area contributed by atoms with E-state index in [2.05, 4.69) is 50.0 Å². The fourth-order valence-corrected chi connectivity index (χ4v) is 2.00. The Morgan fingerprint density at radius 3 is 2.06 bits per heavy atom. The molecule has 0 bridgehead atoms. The third kappa shape index (κ3) is 2.13. The van der Waals surface area contributed by atoms with E-state index in [-0.39, 0.29) is 5.41 Å². The normalized spacial score (nSPS) is 11.8. The van der Waals surface area contributed by atoms with Gasteiger partial charge in [-0.1, -0.05) is 45.0 Å². The number of rotatable bonds is 1. The quantitative estimate of drug-likeness (QED) is 0.835. The number of aromatic nitrogens is 2. The molecule has 2 rings (SSSR count). The molecule has 0 fully saturated rings. The Bertz CT molecular complexity index is 557. The monoisotopic (exact) mass is 243 g/mol. The highest BCUT2D eigenvalue weighted by Gasteiger charge is 2.15. The molecule has 0 aliphatic rings. The second-order valence-electron chi connectivity index (χ2n) is 5.79. The summed E-state index contributed by atoms with van der Waals surface area (Å²) in [7, 11) is 1.94. The van der Waals surface area contributed by atoms with Crippen LogP contribution in [0, 0.1) is 6.92 Å². The van der Waals surface area contributed by atoms with Gasteiger partial charge in [0.05, 0.1) is 5.69 Å².